The average molecular weight is 420 g/mol. The van der Waals surface area contributed by atoms with E-state index < -0.39 is 0 Å². The zero-order valence-electron chi connectivity index (χ0n) is 1.65. The quantitative estimate of drug-likeness (QED) is 0.400. The van der Waals surface area contributed by atoms with Crippen LogP contribution < -0.4 is 0 Å². The molecule has 4 radical (unpaired) electrons. The third kappa shape index (κ3) is 17.6. The summed E-state index contributed by atoms with van der Waals surface area (Å²) in [5.41, 5.74) is 0. The van der Waals surface area contributed by atoms with Crippen LogP contribution in [0.2, 0.25) is 0 Å². The van der Waals surface area contributed by atoms with Crippen molar-refractivity contribution in [3.8, 4) is 0 Å². The van der Waals surface area contributed by atoms with Crippen LogP contribution in [0.5, 0.6) is 0 Å². The van der Waals surface area contributed by atoms with Crippen molar-refractivity contribution in [3.63, 3.8) is 0 Å². The summed E-state index contributed by atoms with van der Waals surface area (Å²) in [5.74, 6) is 0. The Labute approximate surface area is 153 Å². The van der Waals surface area contributed by atoms with Gasteiger partial charge in [0.05, 0.1) is 0 Å². The first kappa shape index (κ1) is 32.0. The molecule has 5 heteroatoms. The molecule has 0 aliphatic carbocycles. The summed E-state index contributed by atoms with van der Waals surface area (Å²) in [6, 6.07) is 0. The molecule has 0 saturated heterocycles. The monoisotopic (exact) mass is 420 g/mol. The number of hydrogen-bond donors (Lipinski definition) is 0. The molecule has 0 spiro atoms. The second-order valence-electron chi connectivity index (χ2n) is 0. The van der Waals surface area contributed by atoms with E-state index in [0.717, 1.165) is 0 Å². The van der Waals surface area contributed by atoms with Crippen molar-refractivity contribution in [2.24, 2.45) is 0 Å². The van der Waals surface area contributed by atoms with Gasteiger partial charge in [-0.3, -0.25) is 0 Å². The summed E-state index contributed by atoms with van der Waals surface area (Å²) in [6.45, 7) is 0. The van der Waals surface area contributed by atoms with E-state index in [1.807, 2.05) is 0 Å². The molecule has 0 bridgehead atoms. The largest absolute Gasteiger partial charge is 0 e. The molecule has 0 fully saturated rings. The molecule has 0 saturated carbocycles. The maximum Gasteiger partial charge on any atom is 0 e. The molecule has 0 aliphatic heterocycles. The summed E-state index contributed by atoms with van der Waals surface area (Å²) in [5, 5.41) is 0. The molecule has 16 valence electrons. The predicted molar refractivity (Wildman–Crippen MR) is 21.4 cm³/mol. The standard InChI is InChI=1S/Al.Ba.La.Na.Zr.3H. The van der Waals surface area contributed by atoms with Gasteiger partial charge in [0.1, 0.15) is 0 Å². The second-order valence-corrected chi connectivity index (χ2v) is 0. The summed E-state index contributed by atoms with van der Waals surface area (Å²) in [6.07, 6.45) is 0. The Morgan fingerprint density at radius 3 is 1.00 bits per heavy atom. The minimum Gasteiger partial charge on any atom is 0 e. The number of hydrogen-bond acceptors (Lipinski definition) is 0. The van der Waals surface area contributed by atoms with Crippen LogP contribution in [0.4, 0.5) is 0 Å². The van der Waals surface area contributed by atoms with Gasteiger partial charge in [-0.1, -0.05) is 0 Å². The van der Waals surface area contributed by atoms with Gasteiger partial charge in [-0.15, -0.1) is 0 Å². The summed E-state index contributed by atoms with van der Waals surface area (Å²) >= 11 is 0. The van der Waals surface area contributed by atoms with Crippen LogP contribution in [0.1, 0.15) is 0 Å². The second kappa shape index (κ2) is 22.9. The first-order valence-corrected chi connectivity index (χ1v) is 0. The van der Waals surface area contributed by atoms with E-state index in [2.05, 4.69) is 0 Å². The molecule has 0 rings (SSSR count). The Kier molecular flexibility index (Phi) is 146. The normalized spacial score (nSPS) is 0. The fraction of sp³-hybridized carbons (Fsp3) is 0. The van der Waals surface area contributed by atoms with Gasteiger partial charge in [0.2, 0.25) is 0 Å². The smallest absolute Gasteiger partial charge is 0 e. The van der Waals surface area contributed by atoms with Gasteiger partial charge < -0.3 is 0 Å². The van der Waals surface area contributed by atoms with Gasteiger partial charge in [-0.05, 0) is 0 Å². The van der Waals surface area contributed by atoms with Gasteiger partial charge in [0, 0.05) is 79.2 Å². The summed E-state index contributed by atoms with van der Waals surface area (Å²) in [4.78, 5) is 0. The van der Waals surface area contributed by atoms with Crippen molar-refractivity contribution >= 4 is 95.8 Å². The van der Waals surface area contributed by atoms with Crippen LogP contribution in [0.15, 0.2) is 0 Å². The Bertz CT molecular complexity index is 11.6. The van der Waals surface area contributed by atoms with E-state index >= 15 is 0 Å². The van der Waals surface area contributed by atoms with Gasteiger partial charge in [-0.25, -0.2) is 0 Å². The molecular formula is H3AlBaLaNaZr. The van der Waals surface area contributed by atoms with Crippen molar-refractivity contribution in [3.05, 3.63) is 0 Å². The molecule has 0 aromatic rings. The van der Waals surface area contributed by atoms with E-state index in [0.29, 0.717) is 0 Å². The predicted octanol–water partition coefficient (Wildman–Crippen LogP) is -1.95. The molecule has 0 N–H and O–H groups in total. The molecule has 0 aromatic heterocycles. The Morgan fingerprint density at radius 2 is 1.00 bits per heavy atom. The van der Waals surface area contributed by atoms with E-state index in [9.17, 15) is 0 Å². The van der Waals surface area contributed by atoms with Gasteiger partial charge in [0.25, 0.3) is 0 Å². The van der Waals surface area contributed by atoms with Crippen molar-refractivity contribution in [1.82, 2.24) is 0 Å². The minimum absolute atomic E-state index is 0. The van der Waals surface area contributed by atoms with Crippen molar-refractivity contribution in [1.29, 1.82) is 0 Å². The first-order valence-electron chi connectivity index (χ1n) is 0. The average Bonchev–Trinajstić information content (AvgIpc) is 0. The van der Waals surface area contributed by atoms with Gasteiger partial charge in [-0.2, -0.15) is 0 Å². The van der Waals surface area contributed by atoms with Crippen LogP contribution in [-0.4, -0.2) is 95.8 Å². The van der Waals surface area contributed by atoms with E-state index in [1.165, 1.54) is 0 Å². The summed E-state index contributed by atoms with van der Waals surface area (Å²) in [7, 11) is 0. The zero-order chi connectivity index (χ0) is 0. The Balaban J connectivity index is 0. The Hall–Kier alpha value is 5.18. The van der Waals surface area contributed by atoms with Crippen LogP contribution in [0.3, 0.4) is 0 Å². The van der Waals surface area contributed by atoms with Crippen LogP contribution in [-0.2, 0) is 26.2 Å². The SMILES string of the molecule is [Al].[BaH2].[La].[NaH].[Zr]. The molecule has 0 nitrogen and oxygen atoms in total. The maximum atomic E-state index is 0. The maximum absolute atomic E-state index is 0. The molecule has 0 aliphatic rings. The summed E-state index contributed by atoms with van der Waals surface area (Å²) < 4.78 is 0. The molecule has 0 atom stereocenters. The van der Waals surface area contributed by atoms with Crippen LogP contribution in [0, 0.1) is 35.6 Å². The van der Waals surface area contributed by atoms with Crippen molar-refractivity contribution in [2.45, 2.75) is 0 Å². The van der Waals surface area contributed by atoms with Crippen molar-refractivity contribution < 1.29 is 61.8 Å². The number of rotatable bonds is 0. The Morgan fingerprint density at radius 1 is 1.00 bits per heavy atom. The third-order valence-corrected chi connectivity index (χ3v) is 0. The van der Waals surface area contributed by atoms with Crippen LogP contribution >= 0.6 is 0 Å². The molecule has 0 heterocycles. The fourth-order valence-electron chi connectivity index (χ4n) is 0. The fourth-order valence-corrected chi connectivity index (χ4v) is 0. The molecule has 0 aromatic carbocycles. The molecular weight excluding hydrogens is 417 g/mol. The van der Waals surface area contributed by atoms with Crippen molar-refractivity contribution in [2.75, 3.05) is 0 Å². The van der Waals surface area contributed by atoms with Gasteiger partial charge in [0.15, 0.2) is 0 Å². The minimum atomic E-state index is 0. The van der Waals surface area contributed by atoms with E-state index in [-0.39, 0.29) is 158 Å². The third-order valence-electron chi connectivity index (χ3n) is 0. The molecule has 5 heavy (non-hydrogen) atoms. The topological polar surface area (TPSA) is 0 Å². The molecule has 0 unspecified atom stereocenters. The molecule has 0 amide bonds. The first-order chi connectivity index (χ1) is 0. The van der Waals surface area contributed by atoms with E-state index in [4.69, 9.17) is 0 Å². The van der Waals surface area contributed by atoms with Gasteiger partial charge >= 0.3 is 78.4 Å². The van der Waals surface area contributed by atoms with E-state index in [1.54, 1.807) is 0 Å². The zero-order valence-corrected chi connectivity index (χ0v) is 8.89. The van der Waals surface area contributed by atoms with Crippen LogP contribution in [0.25, 0.3) is 0 Å².